The highest BCUT2D eigenvalue weighted by atomic mass is 16.5. The van der Waals surface area contributed by atoms with E-state index in [4.69, 9.17) is 9.47 Å². The molecule has 1 aliphatic heterocycles. The number of esters is 1. The van der Waals surface area contributed by atoms with Gasteiger partial charge in [0.2, 0.25) is 0 Å². The molecule has 1 aliphatic rings. The van der Waals surface area contributed by atoms with E-state index in [1.807, 2.05) is 6.92 Å². The standard InChI is InChI=1S/C14H27NO3/c1-3-5-11-17-12-10-15-9-7-6-8-13(15)14(16)18-4-2/h13H,3-12H2,1-2H3. The van der Waals surface area contributed by atoms with Crippen molar-refractivity contribution in [2.24, 2.45) is 0 Å². The number of hydrogen-bond acceptors (Lipinski definition) is 4. The highest BCUT2D eigenvalue weighted by Crippen LogP contribution is 2.17. The van der Waals surface area contributed by atoms with E-state index in [1.54, 1.807) is 0 Å². The maximum absolute atomic E-state index is 11.8. The minimum absolute atomic E-state index is 0.0477. The molecule has 4 heteroatoms. The molecule has 0 N–H and O–H groups in total. The summed E-state index contributed by atoms with van der Waals surface area (Å²) in [5.74, 6) is -0.0641. The molecule has 0 bridgehead atoms. The van der Waals surface area contributed by atoms with E-state index in [-0.39, 0.29) is 12.0 Å². The first-order chi connectivity index (χ1) is 8.79. The van der Waals surface area contributed by atoms with Crippen molar-refractivity contribution in [3.63, 3.8) is 0 Å². The Bertz CT molecular complexity index is 233. The molecule has 0 amide bonds. The molecular formula is C14H27NO3. The molecule has 0 aromatic rings. The van der Waals surface area contributed by atoms with Gasteiger partial charge in [0.05, 0.1) is 13.2 Å². The summed E-state index contributed by atoms with van der Waals surface area (Å²) in [6.45, 7) is 7.86. The Hall–Kier alpha value is -0.610. The zero-order valence-electron chi connectivity index (χ0n) is 11.8. The van der Waals surface area contributed by atoms with E-state index >= 15 is 0 Å². The van der Waals surface area contributed by atoms with E-state index in [0.29, 0.717) is 6.61 Å². The lowest BCUT2D eigenvalue weighted by molar-refractivity contribution is -0.151. The fourth-order valence-corrected chi connectivity index (χ4v) is 2.29. The first kappa shape index (κ1) is 15.4. The summed E-state index contributed by atoms with van der Waals surface area (Å²) < 4.78 is 10.7. The van der Waals surface area contributed by atoms with Crippen LogP contribution >= 0.6 is 0 Å². The third-order valence-corrected chi connectivity index (χ3v) is 3.34. The second-order valence-electron chi connectivity index (χ2n) is 4.77. The summed E-state index contributed by atoms with van der Waals surface area (Å²) in [6.07, 6.45) is 5.49. The van der Waals surface area contributed by atoms with Crippen LogP contribution in [0.15, 0.2) is 0 Å². The number of piperidine rings is 1. The molecule has 1 fully saturated rings. The van der Waals surface area contributed by atoms with Crippen molar-refractivity contribution in [3.05, 3.63) is 0 Å². The van der Waals surface area contributed by atoms with Crippen LogP contribution in [0.3, 0.4) is 0 Å². The predicted molar refractivity (Wildman–Crippen MR) is 71.6 cm³/mol. The molecule has 1 unspecified atom stereocenters. The summed E-state index contributed by atoms with van der Waals surface area (Å²) in [5, 5.41) is 0. The molecular weight excluding hydrogens is 230 g/mol. The van der Waals surface area contributed by atoms with Crippen LogP contribution in [0.4, 0.5) is 0 Å². The molecule has 1 heterocycles. The van der Waals surface area contributed by atoms with Crippen molar-refractivity contribution < 1.29 is 14.3 Å². The number of likely N-dealkylation sites (tertiary alicyclic amines) is 1. The third-order valence-electron chi connectivity index (χ3n) is 3.34. The highest BCUT2D eigenvalue weighted by molar-refractivity contribution is 5.75. The van der Waals surface area contributed by atoms with Crippen LogP contribution in [-0.2, 0) is 14.3 Å². The number of rotatable bonds is 8. The van der Waals surface area contributed by atoms with Crippen molar-refractivity contribution in [1.82, 2.24) is 4.90 Å². The summed E-state index contributed by atoms with van der Waals surface area (Å²) >= 11 is 0. The van der Waals surface area contributed by atoms with Gasteiger partial charge < -0.3 is 9.47 Å². The molecule has 1 atom stereocenters. The monoisotopic (exact) mass is 257 g/mol. The summed E-state index contributed by atoms with van der Waals surface area (Å²) in [6, 6.07) is -0.0477. The normalized spacial score (nSPS) is 20.9. The first-order valence-electron chi connectivity index (χ1n) is 7.28. The maximum Gasteiger partial charge on any atom is 0.323 e. The van der Waals surface area contributed by atoms with Crippen LogP contribution in [0.25, 0.3) is 0 Å². The quantitative estimate of drug-likeness (QED) is 0.494. The number of hydrogen-bond donors (Lipinski definition) is 0. The van der Waals surface area contributed by atoms with Crippen LogP contribution in [-0.4, -0.2) is 49.8 Å². The second kappa shape index (κ2) is 9.34. The second-order valence-corrected chi connectivity index (χ2v) is 4.77. The lowest BCUT2D eigenvalue weighted by Gasteiger charge is -2.33. The first-order valence-corrected chi connectivity index (χ1v) is 7.28. The average Bonchev–Trinajstić information content (AvgIpc) is 2.39. The van der Waals surface area contributed by atoms with Crippen molar-refractivity contribution in [2.45, 2.75) is 52.0 Å². The lowest BCUT2D eigenvalue weighted by Crippen LogP contribution is -2.46. The van der Waals surface area contributed by atoms with Crippen LogP contribution in [0, 0.1) is 0 Å². The molecule has 106 valence electrons. The fraction of sp³-hybridized carbons (Fsp3) is 0.929. The minimum atomic E-state index is -0.0641. The van der Waals surface area contributed by atoms with E-state index in [9.17, 15) is 4.79 Å². The average molecular weight is 257 g/mol. The lowest BCUT2D eigenvalue weighted by atomic mass is 10.0. The number of ether oxygens (including phenoxy) is 2. The SMILES string of the molecule is CCCCOCCN1CCCCC1C(=O)OCC. The molecule has 0 spiro atoms. The van der Waals surface area contributed by atoms with Crippen molar-refractivity contribution in [1.29, 1.82) is 0 Å². The van der Waals surface area contributed by atoms with Gasteiger partial charge in [-0.1, -0.05) is 19.8 Å². The largest absolute Gasteiger partial charge is 0.465 e. The van der Waals surface area contributed by atoms with Gasteiger partial charge >= 0.3 is 5.97 Å². The molecule has 1 rings (SSSR count). The smallest absolute Gasteiger partial charge is 0.323 e. The number of unbranched alkanes of at least 4 members (excludes halogenated alkanes) is 1. The Morgan fingerprint density at radius 1 is 1.28 bits per heavy atom. The van der Waals surface area contributed by atoms with Gasteiger partial charge in [-0.3, -0.25) is 9.69 Å². The van der Waals surface area contributed by atoms with Gasteiger partial charge in [0, 0.05) is 13.2 Å². The van der Waals surface area contributed by atoms with E-state index in [0.717, 1.165) is 52.0 Å². The van der Waals surface area contributed by atoms with Gasteiger partial charge in [-0.25, -0.2) is 0 Å². The molecule has 4 nitrogen and oxygen atoms in total. The Morgan fingerprint density at radius 3 is 2.83 bits per heavy atom. The summed E-state index contributed by atoms with van der Waals surface area (Å²) in [7, 11) is 0. The zero-order valence-corrected chi connectivity index (χ0v) is 11.8. The predicted octanol–water partition coefficient (Wildman–Crippen LogP) is 2.22. The Kier molecular flexibility index (Phi) is 8.01. The molecule has 0 aliphatic carbocycles. The van der Waals surface area contributed by atoms with Gasteiger partial charge in [-0.05, 0) is 32.7 Å². The van der Waals surface area contributed by atoms with Crippen LogP contribution < -0.4 is 0 Å². The molecule has 0 saturated carbocycles. The minimum Gasteiger partial charge on any atom is -0.465 e. The Labute approximate surface area is 111 Å². The Balaban J connectivity index is 2.28. The van der Waals surface area contributed by atoms with Gasteiger partial charge in [-0.15, -0.1) is 0 Å². The summed E-state index contributed by atoms with van der Waals surface area (Å²) in [5.41, 5.74) is 0. The van der Waals surface area contributed by atoms with Crippen molar-refractivity contribution in [2.75, 3.05) is 32.9 Å². The van der Waals surface area contributed by atoms with E-state index in [1.165, 1.54) is 6.42 Å². The summed E-state index contributed by atoms with van der Waals surface area (Å²) in [4.78, 5) is 14.1. The van der Waals surface area contributed by atoms with Gasteiger partial charge in [0.1, 0.15) is 6.04 Å². The van der Waals surface area contributed by atoms with Crippen molar-refractivity contribution >= 4 is 5.97 Å². The van der Waals surface area contributed by atoms with Gasteiger partial charge in [-0.2, -0.15) is 0 Å². The van der Waals surface area contributed by atoms with Gasteiger partial charge in [0.15, 0.2) is 0 Å². The molecule has 1 saturated heterocycles. The van der Waals surface area contributed by atoms with Crippen molar-refractivity contribution in [3.8, 4) is 0 Å². The third kappa shape index (κ3) is 5.36. The zero-order chi connectivity index (χ0) is 13.2. The Morgan fingerprint density at radius 2 is 2.11 bits per heavy atom. The fourth-order valence-electron chi connectivity index (χ4n) is 2.29. The molecule has 0 aromatic carbocycles. The number of carbonyl (C=O) groups is 1. The number of carbonyl (C=O) groups excluding carboxylic acids is 1. The van der Waals surface area contributed by atoms with Crippen LogP contribution in [0.2, 0.25) is 0 Å². The molecule has 18 heavy (non-hydrogen) atoms. The van der Waals surface area contributed by atoms with Crippen LogP contribution in [0.5, 0.6) is 0 Å². The van der Waals surface area contributed by atoms with E-state index in [2.05, 4.69) is 11.8 Å². The maximum atomic E-state index is 11.8. The highest BCUT2D eigenvalue weighted by Gasteiger charge is 2.29. The van der Waals surface area contributed by atoms with E-state index < -0.39 is 0 Å². The van der Waals surface area contributed by atoms with Crippen LogP contribution in [0.1, 0.15) is 46.0 Å². The molecule has 0 radical (unpaired) electrons. The van der Waals surface area contributed by atoms with Gasteiger partial charge in [0.25, 0.3) is 0 Å². The molecule has 0 aromatic heterocycles. The topological polar surface area (TPSA) is 38.8 Å². The number of nitrogens with zero attached hydrogens (tertiary/aromatic N) is 1.